The highest BCUT2D eigenvalue weighted by molar-refractivity contribution is 9.10. The van der Waals surface area contributed by atoms with Crippen LogP contribution in [0.5, 0.6) is 5.75 Å². The van der Waals surface area contributed by atoms with Gasteiger partial charge in [-0.05, 0) is 25.1 Å². The highest BCUT2D eigenvalue weighted by atomic mass is 79.9. The predicted molar refractivity (Wildman–Crippen MR) is 82.2 cm³/mol. The standard InChI is InChI=1S/C13H12BrN3O2S/c1-9-16-11(8-20-9)6-15-17-13(18)7-19-12-4-2-3-10(14)5-12/h2-6,8H,7H2,1H3,(H,17,18)/b15-6-. The third kappa shape index (κ3) is 4.75. The van der Waals surface area contributed by atoms with E-state index in [0.717, 1.165) is 15.2 Å². The molecule has 0 fully saturated rings. The van der Waals surface area contributed by atoms with E-state index >= 15 is 0 Å². The van der Waals surface area contributed by atoms with Crippen molar-refractivity contribution in [2.45, 2.75) is 6.92 Å². The van der Waals surface area contributed by atoms with Crippen molar-refractivity contribution in [1.29, 1.82) is 0 Å². The van der Waals surface area contributed by atoms with E-state index in [-0.39, 0.29) is 12.5 Å². The lowest BCUT2D eigenvalue weighted by Crippen LogP contribution is -2.24. The normalized spacial score (nSPS) is 10.7. The molecule has 1 aromatic carbocycles. The molecule has 1 amide bonds. The second-order valence-corrected chi connectivity index (χ2v) is 5.81. The summed E-state index contributed by atoms with van der Waals surface area (Å²) in [7, 11) is 0. The van der Waals surface area contributed by atoms with E-state index in [0.29, 0.717) is 5.75 Å². The molecule has 0 aliphatic rings. The average molecular weight is 354 g/mol. The van der Waals surface area contributed by atoms with Gasteiger partial charge >= 0.3 is 0 Å². The van der Waals surface area contributed by atoms with Crippen LogP contribution in [0.15, 0.2) is 39.2 Å². The molecule has 2 aromatic rings. The molecule has 0 saturated heterocycles. The number of ether oxygens (including phenoxy) is 1. The van der Waals surface area contributed by atoms with Gasteiger partial charge in [0.1, 0.15) is 5.75 Å². The Bertz CT molecular complexity index is 628. The van der Waals surface area contributed by atoms with Crippen LogP contribution in [0.3, 0.4) is 0 Å². The van der Waals surface area contributed by atoms with Crippen LogP contribution in [-0.2, 0) is 4.79 Å². The highest BCUT2D eigenvalue weighted by Gasteiger charge is 2.01. The van der Waals surface area contributed by atoms with Crippen molar-refractivity contribution in [3.05, 3.63) is 44.8 Å². The van der Waals surface area contributed by atoms with Gasteiger partial charge in [0, 0.05) is 9.85 Å². The Morgan fingerprint density at radius 3 is 3.15 bits per heavy atom. The molecule has 0 atom stereocenters. The molecule has 0 spiro atoms. The number of nitrogens with zero attached hydrogens (tertiary/aromatic N) is 2. The third-order valence-corrected chi connectivity index (χ3v) is 3.47. The van der Waals surface area contributed by atoms with Gasteiger partial charge in [0.15, 0.2) is 6.61 Å². The van der Waals surface area contributed by atoms with Crippen LogP contribution < -0.4 is 10.2 Å². The number of halogens is 1. The number of thiazole rings is 1. The quantitative estimate of drug-likeness (QED) is 0.663. The van der Waals surface area contributed by atoms with E-state index in [1.165, 1.54) is 17.6 Å². The van der Waals surface area contributed by atoms with Crippen LogP contribution in [0.25, 0.3) is 0 Å². The zero-order valence-electron chi connectivity index (χ0n) is 10.7. The first kappa shape index (κ1) is 14.7. The van der Waals surface area contributed by atoms with Gasteiger partial charge in [-0.2, -0.15) is 5.10 Å². The molecule has 0 saturated carbocycles. The second-order valence-electron chi connectivity index (χ2n) is 3.83. The van der Waals surface area contributed by atoms with Gasteiger partial charge in [0.25, 0.3) is 5.91 Å². The number of hydrogen-bond donors (Lipinski definition) is 1. The minimum Gasteiger partial charge on any atom is -0.484 e. The molecule has 0 radical (unpaired) electrons. The third-order valence-electron chi connectivity index (χ3n) is 2.19. The molecule has 7 heteroatoms. The Hall–Kier alpha value is -1.73. The Morgan fingerprint density at radius 2 is 2.45 bits per heavy atom. The summed E-state index contributed by atoms with van der Waals surface area (Å²) in [5.41, 5.74) is 3.11. The number of amides is 1. The minimum atomic E-state index is -0.326. The molecule has 2 rings (SSSR count). The molecule has 0 aliphatic heterocycles. The molecule has 20 heavy (non-hydrogen) atoms. The van der Waals surface area contributed by atoms with E-state index in [1.807, 2.05) is 24.4 Å². The molecule has 0 unspecified atom stereocenters. The largest absolute Gasteiger partial charge is 0.484 e. The monoisotopic (exact) mass is 353 g/mol. The van der Waals surface area contributed by atoms with Crippen molar-refractivity contribution < 1.29 is 9.53 Å². The number of carbonyl (C=O) groups is 1. The summed E-state index contributed by atoms with van der Waals surface area (Å²) in [5.74, 6) is 0.293. The van der Waals surface area contributed by atoms with Crippen LogP contribution in [0.4, 0.5) is 0 Å². The minimum absolute atomic E-state index is 0.0934. The fourth-order valence-electron chi connectivity index (χ4n) is 1.35. The number of carbonyl (C=O) groups excluding carboxylic acids is 1. The molecule has 1 aromatic heterocycles. The van der Waals surface area contributed by atoms with Crippen LogP contribution in [0.1, 0.15) is 10.7 Å². The number of nitrogens with one attached hydrogen (secondary N) is 1. The van der Waals surface area contributed by atoms with E-state index < -0.39 is 0 Å². The zero-order valence-corrected chi connectivity index (χ0v) is 13.1. The number of aryl methyl sites for hydroxylation is 1. The van der Waals surface area contributed by atoms with E-state index in [4.69, 9.17) is 4.74 Å². The zero-order chi connectivity index (χ0) is 14.4. The van der Waals surface area contributed by atoms with Gasteiger partial charge in [-0.1, -0.05) is 22.0 Å². The maximum Gasteiger partial charge on any atom is 0.277 e. The van der Waals surface area contributed by atoms with Crippen molar-refractivity contribution in [2.75, 3.05) is 6.61 Å². The van der Waals surface area contributed by atoms with Crippen molar-refractivity contribution >= 4 is 39.4 Å². The Morgan fingerprint density at radius 1 is 1.60 bits per heavy atom. The summed E-state index contributed by atoms with van der Waals surface area (Å²) in [4.78, 5) is 15.7. The lowest BCUT2D eigenvalue weighted by atomic mass is 10.3. The summed E-state index contributed by atoms with van der Waals surface area (Å²) >= 11 is 4.86. The van der Waals surface area contributed by atoms with E-state index in [9.17, 15) is 4.79 Å². The maximum atomic E-state index is 11.5. The molecule has 0 aliphatic carbocycles. The first-order valence-corrected chi connectivity index (χ1v) is 7.43. The van der Waals surface area contributed by atoms with Gasteiger partial charge in [0.05, 0.1) is 16.9 Å². The Kier molecular flexibility index (Phi) is 5.25. The second kappa shape index (κ2) is 7.16. The van der Waals surface area contributed by atoms with Crippen molar-refractivity contribution in [1.82, 2.24) is 10.4 Å². The van der Waals surface area contributed by atoms with Crippen LogP contribution in [-0.4, -0.2) is 23.7 Å². The number of rotatable bonds is 5. The summed E-state index contributed by atoms with van der Waals surface area (Å²) in [6.07, 6.45) is 1.50. The van der Waals surface area contributed by atoms with Gasteiger partial charge in [-0.3, -0.25) is 4.79 Å². The van der Waals surface area contributed by atoms with Gasteiger partial charge < -0.3 is 4.74 Å². The molecule has 5 nitrogen and oxygen atoms in total. The summed E-state index contributed by atoms with van der Waals surface area (Å²) in [5, 5.41) is 6.63. The maximum absolute atomic E-state index is 11.5. The molecule has 1 heterocycles. The van der Waals surface area contributed by atoms with Gasteiger partial charge in [-0.15, -0.1) is 11.3 Å². The van der Waals surface area contributed by atoms with Crippen LogP contribution in [0.2, 0.25) is 0 Å². The predicted octanol–water partition coefficient (Wildman–Crippen LogP) is 2.74. The number of aromatic nitrogens is 1. The highest BCUT2D eigenvalue weighted by Crippen LogP contribution is 2.17. The summed E-state index contributed by atoms with van der Waals surface area (Å²) < 4.78 is 6.22. The summed E-state index contributed by atoms with van der Waals surface area (Å²) in [6, 6.07) is 7.28. The molecular weight excluding hydrogens is 342 g/mol. The molecule has 104 valence electrons. The number of hydrogen-bond acceptors (Lipinski definition) is 5. The van der Waals surface area contributed by atoms with Crippen molar-refractivity contribution in [2.24, 2.45) is 5.10 Å². The molecule has 0 bridgehead atoms. The topological polar surface area (TPSA) is 63.6 Å². The fourth-order valence-corrected chi connectivity index (χ4v) is 2.29. The van der Waals surface area contributed by atoms with E-state index in [1.54, 1.807) is 12.1 Å². The fraction of sp³-hybridized carbons (Fsp3) is 0.154. The molecule has 1 N–H and O–H groups in total. The van der Waals surface area contributed by atoms with Gasteiger partial charge in [0.2, 0.25) is 0 Å². The SMILES string of the molecule is Cc1nc(/C=N\NC(=O)COc2cccc(Br)c2)cs1. The first-order valence-electron chi connectivity index (χ1n) is 5.76. The van der Waals surface area contributed by atoms with Gasteiger partial charge in [-0.25, -0.2) is 10.4 Å². The van der Waals surface area contributed by atoms with E-state index in [2.05, 4.69) is 31.4 Å². The van der Waals surface area contributed by atoms with Crippen molar-refractivity contribution in [3.63, 3.8) is 0 Å². The van der Waals surface area contributed by atoms with Crippen LogP contribution >= 0.6 is 27.3 Å². The van der Waals surface area contributed by atoms with Crippen molar-refractivity contribution in [3.8, 4) is 5.75 Å². The number of benzene rings is 1. The lowest BCUT2D eigenvalue weighted by molar-refractivity contribution is -0.123. The lowest BCUT2D eigenvalue weighted by Gasteiger charge is -2.04. The summed E-state index contributed by atoms with van der Waals surface area (Å²) in [6.45, 7) is 1.82. The Balaban J connectivity index is 1.77. The first-order chi connectivity index (χ1) is 9.63. The number of hydrazone groups is 1. The van der Waals surface area contributed by atoms with Crippen LogP contribution in [0, 0.1) is 6.92 Å². The smallest absolute Gasteiger partial charge is 0.277 e. The molecular formula is C13H12BrN3O2S. The average Bonchev–Trinajstić information content (AvgIpc) is 2.82. The Labute approximate surface area is 128 Å².